The second-order valence-electron chi connectivity index (χ2n) is 4.58. The van der Waals surface area contributed by atoms with Gasteiger partial charge in [-0.15, -0.1) is 0 Å². The Morgan fingerprint density at radius 1 is 1.14 bits per heavy atom. The number of para-hydroxylation sites is 1. The molecule has 0 N–H and O–H groups in total. The first-order chi connectivity index (χ1) is 10.7. The van der Waals surface area contributed by atoms with Gasteiger partial charge in [0.15, 0.2) is 0 Å². The molecule has 0 bridgehead atoms. The van der Waals surface area contributed by atoms with Crippen molar-refractivity contribution in [1.29, 1.82) is 5.26 Å². The molecule has 0 radical (unpaired) electrons. The van der Waals surface area contributed by atoms with Crippen LogP contribution in [0.3, 0.4) is 0 Å². The van der Waals surface area contributed by atoms with Crippen molar-refractivity contribution in [2.24, 2.45) is 0 Å². The summed E-state index contributed by atoms with van der Waals surface area (Å²) in [7, 11) is 0. The van der Waals surface area contributed by atoms with E-state index >= 15 is 0 Å². The molecule has 0 aliphatic rings. The smallest absolute Gasteiger partial charge is 0.244 e. The molecule has 0 unspecified atom stereocenters. The minimum atomic E-state index is -0.555. The third-order valence-electron chi connectivity index (χ3n) is 3.14. The molecule has 0 amide bonds. The first kappa shape index (κ1) is 13.7. The maximum absolute atomic E-state index is 13.9. The van der Waals surface area contributed by atoms with Gasteiger partial charge < -0.3 is 0 Å². The van der Waals surface area contributed by atoms with Gasteiger partial charge >= 0.3 is 5.69 Å². The molecule has 6 nitrogen and oxygen atoms in total. The van der Waals surface area contributed by atoms with Crippen LogP contribution in [0.5, 0.6) is 0 Å². The highest BCUT2D eigenvalue weighted by atomic mass is 19.1. The predicted octanol–water partition coefficient (Wildman–Crippen LogP) is 1.49. The normalized spacial score (nSPS) is 10.4. The van der Waals surface area contributed by atoms with E-state index in [9.17, 15) is 9.18 Å². The van der Waals surface area contributed by atoms with Gasteiger partial charge in [-0.25, -0.2) is 9.18 Å². The number of aromatic nitrogens is 4. The van der Waals surface area contributed by atoms with Crippen molar-refractivity contribution >= 4 is 0 Å². The average Bonchev–Trinajstić information content (AvgIpc) is 2.91. The molecule has 0 aliphatic carbocycles. The Kier molecular flexibility index (Phi) is 3.50. The van der Waals surface area contributed by atoms with Crippen molar-refractivity contribution in [2.75, 3.05) is 0 Å². The number of benzene rings is 2. The monoisotopic (exact) mass is 295 g/mol. The van der Waals surface area contributed by atoms with Gasteiger partial charge in [0.05, 0.1) is 23.9 Å². The Hall–Kier alpha value is -3.27. The molecule has 3 aromatic rings. The summed E-state index contributed by atoms with van der Waals surface area (Å²) >= 11 is 0. The molecule has 3 rings (SSSR count). The Morgan fingerprint density at radius 3 is 2.59 bits per heavy atom. The lowest BCUT2D eigenvalue weighted by atomic mass is 10.1. The van der Waals surface area contributed by atoms with Crippen molar-refractivity contribution in [1.82, 2.24) is 19.8 Å². The van der Waals surface area contributed by atoms with Crippen molar-refractivity contribution in [3.63, 3.8) is 0 Å². The molecule has 2 aromatic carbocycles. The molecule has 22 heavy (non-hydrogen) atoms. The van der Waals surface area contributed by atoms with Crippen molar-refractivity contribution in [3.8, 4) is 11.8 Å². The summed E-state index contributed by atoms with van der Waals surface area (Å²) in [5.74, 6) is -0.555. The van der Waals surface area contributed by atoms with Gasteiger partial charge in [-0.1, -0.05) is 24.3 Å². The number of halogens is 1. The van der Waals surface area contributed by atoms with Gasteiger partial charge in [-0.2, -0.15) is 14.6 Å². The van der Waals surface area contributed by atoms with Crippen molar-refractivity contribution in [2.45, 2.75) is 6.54 Å². The summed E-state index contributed by atoms with van der Waals surface area (Å²) in [6.45, 7) is -0.0524. The lowest BCUT2D eigenvalue weighted by Crippen LogP contribution is -2.25. The highest BCUT2D eigenvalue weighted by Gasteiger charge is 2.11. The number of hydrogen-bond acceptors (Lipinski definition) is 4. The third kappa shape index (κ3) is 2.50. The Morgan fingerprint density at radius 2 is 1.91 bits per heavy atom. The average molecular weight is 295 g/mol. The summed E-state index contributed by atoms with van der Waals surface area (Å²) in [5, 5.41) is 16.3. The second kappa shape index (κ2) is 5.61. The maximum atomic E-state index is 13.9. The fourth-order valence-corrected chi connectivity index (χ4v) is 2.01. The van der Waals surface area contributed by atoms with Gasteiger partial charge in [0.25, 0.3) is 0 Å². The summed E-state index contributed by atoms with van der Waals surface area (Å²) in [5.41, 5.74) is 0.608. The van der Waals surface area contributed by atoms with Crippen LogP contribution < -0.4 is 5.69 Å². The summed E-state index contributed by atoms with van der Waals surface area (Å²) in [4.78, 5) is 12.2. The largest absolute Gasteiger partial charge is 0.368 e. The number of hydrogen-bond donors (Lipinski definition) is 0. The first-order valence-corrected chi connectivity index (χ1v) is 6.46. The molecule has 7 heteroatoms. The molecule has 0 saturated heterocycles. The zero-order valence-electron chi connectivity index (χ0n) is 11.3. The molecule has 1 aromatic heterocycles. The zero-order chi connectivity index (χ0) is 15.5. The molecular formula is C15H10FN5O. The number of tetrazole rings is 1. The van der Waals surface area contributed by atoms with Gasteiger partial charge in [-0.3, -0.25) is 0 Å². The van der Waals surface area contributed by atoms with Crippen LogP contribution in [0.4, 0.5) is 4.39 Å². The first-order valence-electron chi connectivity index (χ1n) is 6.46. The van der Waals surface area contributed by atoms with E-state index in [0.29, 0.717) is 5.69 Å². The number of nitrogens with zero attached hydrogens (tertiary/aromatic N) is 5. The van der Waals surface area contributed by atoms with Crippen LogP contribution in [0.25, 0.3) is 5.69 Å². The quantitative estimate of drug-likeness (QED) is 0.733. The van der Waals surface area contributed by atoms with Crippen LogP contribution in [0.1, 0.15) is 11.1 Å². The summed E-state index contributed by atoms with van der Waals surface area (Å²) in [6, 6.07) is 14.8. The summed E-state index contributed by atoms with van der Waals surface area (Å²) < 4.78 is 16.1. The van der Waals surface area contributed by atoms with Gasteiger partial charge in [0, 0.05) is 5.56 Å². The van der Waals surface area contributed by atoms with E-state index in [2.05, 4.69) is 10.4 Å². The molecule has 0 aliphatic heterocycles. The molecule has 0 atom stereocenters. The van der Waals surface area contributed by atoms with Crippen LogP contribution in [0.15, 0.2) is 53.3 Å². The molecule has 0 saturated carbocycles. The van der Waals surface area contributed by atoms with Crippen LogP contribution in [0, 0.1) is 17.1 Å². The molecule has 0 spiro atoms. The van der Waals surface area contributed by atoms with E-state index in [-0.39, 0.29) is 17.7 Å². The number of rotatable bonds is 3. The van der Waals surface area contributed by atoms with E-state index in [1.165, 1.54) is 12.1 Å². The lowest BCUT2D eigenvalue weighted by Gasteiger charge is -2.02. The van der Waals surface area contributed by atoms with Crippen LogP contribution in [-0.4, -0.2) is 19.8 Å². The zero-order valence-corrected chi connectivity index (χ0v) is 11.3. The topological polar surface area (TPSA) is 76.5 Å². The highest BCUT2D eigenvalue weighted by Crippen LogP contribution is 2.10. The van der Waals surface area contributed by atoms with E-state index in [4.69, 9.17) is 5.26 Å². The van der Waals surface area contributed by atoms with Crippen LogP contribution in [-0.2, 0) is 6.54 Å². The van der Waals surface area contributed by atoms with Gasteiger partial charge in [-0.05, 0) is 34.7 Å². The molecule has 108 valence electrons. The maximum Gasteiger partial charge on any atom is 0.368 e. The Bertz CT molecular complexity index is 908. The van der Waals surface area contributed by atoms with Gasteiger partial charge in [0.2, 0.25) is 0 Å². The highest BCUT2D eigenvalue weighted by molar-refractivity contribution is 5.33. The minimum absolute atomic E-state index is 0.0524. The van der Waals surface area contributed by atoms with E-state index in [1.54, 1.807) is 24.3 Å². The second-order valence-corrected chi connectivity index (χ2v) is 4.58. The van der Waals surface area contributed by atoms with Gasteiger partial charge in [0.1, 0.15) is 5.82 Å². The van der Waals surface area contributed by atoms with Crippen LogP contribution >= 0.6 is 0 Å². The van der Waals surface area contributed by atoms with Crippen molar-refractivity contribution < 1.29 is 4.39 Å². The molecule has 0 fully saturated rings. The third-order valence-corrected chi connectivity index (χ3v) is 3.14. The van der Waals surface area contributed by atoms with E-state index in [1.807, 2.05) is 12.1 Å². The predicted molar refractivity (Wildman–Crippen MR) is 75.8 cm³/mol. The molecular weight excluding hydrogens is 285 g/mol. The van der Waals surface area contributed by atoms with Crippen molar-refractivity contribution in [3.05, 3.63) is 76.0 Å². The van der Waals surface area contributed by atoms with Crippen LogP contribution in [0.2, 0.25) is 0 Å². The minimum Gasteiger partial charge on any atom is -0.244 e. The molecule has 1 heterocycles. The SMILES string of the molecule is N#Cc1ccc(Cn2nnn(-c3ccccc3)c2=O)c(F)c1. The Balaban J connectivity index is 1.94. The summed E-state index contributed by atoms with van der Waals surface area (Å²) in [6.07, 6.45) is 0. The van der Waals surface area contributed by atoms with E-state index < -0.39 is 11.5 Å². The van der Waals surface area contributed by atoms with E-state index in [0.717, 1.165) is 15.4 Å². The fraction of sp³-hybridized carbons (Fsp3) is 0.0667. The fourth-order valence-electron chi connectivity index (χ4n) is 2.01. The lowest BCUT2D eigenvalue weighted by molar-refractivity contribution is 0.570. The standard InChI is InChI=1S/C15H10FN5O/c16-14-8-11(9-17)6-7-12(14)10-20-15(22)21(19-18-20)13-4-2-1-3-5-13/h1-8H,10H2. The Labute approximate surface area is 124 Å². The number of nitriles is 1.